The average Bonchev–Trinajstić information content (AvgIpc) is 3.46. The normalized spacial score (nSPS) is 10.9. The van der Waals surface area contributed by atoms with E-state index in [9.17, 15) is 22.4 Å². The molecule has 0 bridgehead atoms. The number of nitrogens with one attached hydrogen (secondary N) is 3. The number of thiazole rings is 1. The minimum atomic E-state index is -4.75. The highest BCUT2D eigenvalue weighted by atomic mass is 32.1. The van der Waals surface area contributed by atoms with Gasteiger partial charge in [0.2, 0.25) is 0 Å². The summed E-state index contributed by atoms with van der Waals surface area (Å²) in [6, 6.07) is 2.51. The number of H-pyrrole nitrogens is 1. The van der Waals surface area contributed by atoms with Crippen molar-refractivity contribution in [3.8, 4) is 0 Å². The highest BCUT2D eigenvalue weighted by Gasteiger charge is 2.39. The van der Waals surface area contributed by atoms with Crippen LogP contribution in [0.15, 0.2) is 31.5 Å². The van der Waals surface area contributed by atoms with E-state index in [2.05, 4.69) is 43.7 Å². The van der Waals surface area contributed by atoms with Crippen molar-refractivity contribution < 1.29 is 22.4 Å². The van der Waals surface area contributed by atoms with Crippen molar-refractivity contribution in [3.05, 3.63) is 75.8 Å². The van der Waals surface area contributed by atoms with Gasteiger partial charge in [0.25, 0.3) is 5.91 Å². The number of imidazole rings is 1. The zero-order chi connectivity index (χ0) is 26.0. The lowest BCUT2D eigenvalue weighted by molar-refractivity contribution is -0.134. The maximum atomic E-state index is 13.6. The standard InChI is InChI=1S/C21H20F4N6OS.C2H6/c1-3-13-14(4-2)30-16(29-13)11-26-9-7-17-31-18(19(33-17)21(23,24)25)20(32)28-10-15-12(22)6-5-8-27-15;1-2/h3-6,8,26H,1-2,7,9-11H2,(H,28,32)(H,29,30);1-2H3. The van der Waals surface area contributed by atoms with Crippen molar-refractivity contribution in [2.75, 3.05) is 6.54 Å². The minimum Gasteiger partial charge on any atom is -0.345 e. The van der Waals surface area contributed by atoms with Crippen molar-refractivity contribution in [1.29, 1.82) is 0 Å². The number of carbonyl (C=O) groups is 1. The monoisotopic (exact) mass is 510 g/mol. The highest BCUT2D eigenvalue weighted by Crippen LogP contribution is 2.36. The Labute approximate surface area is 204 Å². The fourth-order valence-electron chi connectivity index (χ4n) is 2.86. The number of rotatable bonds is 10. The van der Waals surface area contributed by atoms with Gasteiger partial charge in [0, 0.05) is 19.2 Å². The van der Waals surface area contributed by atoms with Crippen LogP contribution in [0.25, 0.3) is 12.2 Å². The molecular formula is C23H26F4N6OS. The molecule has 0 radical (unpaired) electrons. The van der Waals surface area contributed by atoms with Gasteiger partial charge in [-0.1, -0.05) is 27.0 Å². The summed E-state index contributed by atoms with van der Waals surface area (Å²) in [4.78, 5) is 26.3. The molecule has 0 aliphatic carbocycles. The summed E-state index contributed by atoms with van der Waals surface area (Å²) < 4.78 is 54.0. The molecule has 0 aliphatic heterocycles. The molecule has 3 rings (SSSR count). The Morgan fingerprint density at radius 1 is 1.20 bits per heavy atom. The molecule has 0 atom stereocenters. The van der Waals surface area contributed by atoms with Crippen LogP contribution in [0.3, 0.4) is 0 Å². The van der Waals surface area contributed by atoms with Crippen molar-refractivity contribution in [1.82, 2.24) is 30.6 Å². The Morgan fingerprint density at radius 3 is 2.54 bits per heavy atom. The SMILES string of the molecule is C=Cc1nc(CNCCc2nc(C(=O)NCc3ncccc3F)c(C(F)(F)F)s2)[nH]c1C=C.CC. The van der Waals surface area contributed by atoms with E-state index in [0.29, 0.717) is 35.9 Å². The molecule has 0 aliphatic rings. The Kier molecular flexibility index (Phi) is 10.3. The van der Waals surface area contributed by atoms with Crippen LogP contribution < -0.4 is 10.6 Å². The number of pyridine rings is 1. The topological polar surface area (TPSA) is 95.6 Å². The van der Waals surface area contributed by atoms with Crippen LogP contribution in [-0.2, 0) is 25.7 Å². The first kappa shape index (κ1) is 27.9. The van der Waals surface area contributed by atoms with E-state index < -0.39 is 28.5 Å². The molecule has 0 saturated carbocycles. The number of nitrogens with zero attached hydrogens (tertiary/aromatic N) is 3. The predicted octanol–water partition coefficient (Wildman–Crippen LogP) is 4.99. The molecule has 3 heterocycles. The lowest BCUT2D eigenvalue weighted by Gasteiger charge is -2.07. The van der Waals surface area contributed by atoms with Crippen molar-refractivity contribution in [2.24, 2.45) is 0 Å². The summed E-state index contributed by atoms with van der Waals surface area (Å²) in [5, 5.41) is 5.45. The number of carbonyl (C=O) groups excluding carboxylic acids is 1. The summed E-state index contributed by atoms with van der Waals surface area (Å²) in [7, 11) is 0. The number of halogens is 4. The second-order valence-corrected chi connectivity index (χ2v) is 7.80. The van der Waals surface area contributed by atoms with Crippen molar-refractivity contribution in [3.63, 3.8) is 0 Å². The van der Waals surface area contributed by atoms with E-state index >= 15 is 0 Å². The lowest BCUT2D eigenvalue weighted by atomic mass is 10.3. The van der Waals surface area contributed by atoms with E-state index in [0.717, 1.165) is 11.8 Å². The third-order valence-corrected chi connectivity index (χ3v) is 5.57. The van der Waals surface area contributed by atoms with Crippen LogP contribution in [0.5, 0.6) is 0 Å². The molecule has 0 spiro atoms. The van der Waals surface area contributed by atoms with Crippen LogP contribution in [0.1, 0.15) is 57.1 Å². The smallest absolute Gasteiger partial charge is 0.345 e. The maximum absolute atomic E-state index is 13.6. The molecule has 3 N–H and O–H groups in total. The second-order valence-electron chi connectivity index (χ2n) is 6.72. The second kappa shape index (κ2) is 12.9. The Balaban J connectivity index is 0.00000210. The van der Waals surface area contributed by atoms with Gasteiger partial charge in [0.05, 0.1) is 35.2 Å². The Bertz CT molecular complexity index is 1130. The Hall–Kier alpha value is -3.38. The largest absolute Gasteiger partial charge is 0.427 e. The van der Waals surface area contributed by atoms with Crippen molar-refractivity contribution in [2.45, 2.75) is 39.5 Å². The van der Waals surface area contributed by atoms with Gasteiger partial charge in [-0.3, -0.25) is 9.78 Å². The molecular weight excluding hydrogens is 484 g/mol. The van der Waals surface area contributed by atoms with E-state index in [1.807, 2.05) is 13.8 Å². The van der Waals surface area contributed by atoms with Gasteiger partial charge >= 0.3 is 6.18 Å². The van der Waals surface area contributed by atoms with E-state index in [1.165, 1.54) is 12.3 Å². The number of hydrogen-bond acceptors (Lipinski definition) is 6. The van der Waals surface area contributed by atoms with E-state index in [-0.39, 0.29) is 23.7 Å². The molecule has 0 fully saturated rings. The van der Waals surface area contributed by atoms with Crippen LogP contribution in [0, 0.1) is 5.82 Å². The summed E-state index contributed by atoms with van der Waals surface area (Å²) in [5.41, 5.74) is 0.544. The van der Waals surface area contributed by atoms with Gasteiger partial charge in [0.1, 0.15) is 16.5 Å². The molecule has 188 valence electrons. The van der Waals surface area contributed by atoms with Crippen LogP contribution in [-0.4, -0.2) is 32.4 Å². The first-order chi connectivity index (χ1) is 16.7. The summed E-state index contributed by atoms with van der Waals surface area (Å²) in [6.45, 7) is 11.6. The molecule has 3 aromatic rings. The number of aromatic nitrogens is 4. The van der Waals surface area contributed by atoms with Crippen LogP contribution in [0.2, 0.25) is 0 Å². The van der Waals surface area contributed by atoms with Gasteiger partial charge in [-0.05, 0) is 24.3 Å². The van der Waals surface area contributed by atoms with Gasteiger partial charge in [-0.15, -0.1) is 11.3 Å². The van der Waals surface area contributed by atoms with Gasteiger partial charge < -0.3 is 15.6 Å². The van der Waals surface area contributed by atoms with Crippen LogP contribution >= 0.6 is 11.3 Å². The zero-order valence-corrected chi connectivity index (χ0v) is 20.1. The zero-order valence-electron chi connectivity index (χ0n) is 19.3. The lowest BCUT2D eigenvalue weighted by Crippen LogP contribution is -2.26. The number of alkyl halides is 3. The first-order valence-electron chi connectivity index (χ1n) is 10.7. The third kappa shape index (κ3) is 7.55. The van der Waals surface area contributed by atoms with Gasteiger partial charge in [-0.25, -0.2) is 14.4 Å². The molecule has 0 unspecified atom stereocenters. The summed E-state index contributed by atoms with van der Waals surface area (Å²) in [5.74, 6) is -1.10. The molecule has 0 aromatic carbocycles. The molecule has 35 heavy (non-hydrogen) atoms. The van der Waals surface area contributed by atoms with Gasteiger partial charge in [-0.2, -0.15) is 13.2 Å². The number of hydrogen-bond donors (Lipinski definition) is 3. The fraction of sp³-hybridized carbons (Fsp3) is 0.304. The minimum absolute atomic E-state index is 0.0868. The molecule has 0 saturated heterocycles. The van der Waals surface area contributed by atoms with Crippen molar-refractivity contribution >= 4 is 29.4 Å². The number of amides is 1. The van der Waals surface area contributed by atoms with E-state index in [1.54, 1.807) is 12.2 Å². The Morgan fingerprint density at radius 2 is 1.94 bits per heavy atom. The third-order valence-electron chi connectivity index (χ3n) is 4.41. The molecule has 12 heteroatoms. The molecule has 3 aromatic heterocycles. The number of aromatic amines is 1. The average molecular weight is 511 g/mol. The van der Waals surface area contributed by atoms with E-state index in [4.69, 9.17) is 0 Å². The first-order valence-corrected chi connectivity index (χ1v) is 11.5. The highest BCUT2D eigenvalue weighted by molar-refractivity contribution is 7.12. The quantitative estimate of drug-likeness (QED) is 0.264. The van der Waals surface area contributed by atoms with Crippen LogP contribution in [0.4, 0.5) is 17.6 Å². The fourth-order valence-corrected chi connectivity index (χ4v) is 3.79. The predicted molar refractivity (Wildman–Crippen MR) is 128 cm³/mol. The molecule has 7 nitrogen and oxygen atoms in total. The maximum Gasteiger partial charge on any atom is 0.427 e. The molecule has 1 amide bonds. The van der Waals surface area contributed by atoms with Gasteiger partial charge in [0.15, 0.2) is 5.69 Å². The summed E-state index contributed by atoms with van der Waals surface area (Å²) in [6.07, 6.45) is -0.0722. The summed E-state index contributed by atoms with van der Waals surface area (Å²) >= 11 is 0.403.